The van der Waals surface area contributed by atoms with Crippen molar-refractivity contribution in [1.82, 2.24) is 4.98 Å². The van der Waals surface area contributed by atoms with Crippen molar-refractivity contribution in [3.8, 4) is 0 Å². The normalized spacial score (nSPS) is 10.6. The Balaban J connectivity index is 2.11. The largest absolute Gasteiger partial charge is 0.289 e. The lowest BCUT2D eigenvalue weighted by atomic mass is 10.1. The van der Waals surface area contributed by atoms with Crippen molar-refractivity contribution < 1.29 is 4.79 Å². The molecule has 0 bridgehead atoms. The SMILES string of the molecule is O=C(/C=C/c1ccc(I)cc1)c1ccncc1. The molecule has 0 saturated heterocycles. The Morgan fingerprint density at radius 2 is 1.71 bits per heavy atom. The zero-order chi connectivity index (χ0) is 12.1. The van der Waals surface area contributed by atoms with E-state index in [9.17, 15) is 4.79 Å². The van der Waals surface area contributed by atoms with Gasteiger partial charge in [-0.1, -0.05) is 18.2 Å². The molecule has 0 spiro atoms. The number of rotatable bonds is 3. The Kier molecular flexibility index (Phi) is 4.03. The van der Waals surface area contributed by atoms with Crippen LogP contribution in [-0.4, -0.2) is 10.8 Å². The van der Waals surface area contributed by atoms with Crippen LogP contribution in [0.25, 0.3) is 6.08 Å². The lowest BCUT2D eigenvalue weighted by Gasteiger charge is -1.95. The van der Waals surface area contributed by atoms with Gasteiger partial charge < -0.3 is 0 Å². The molecular formula is C14H10INO. The van der Waals surface area contributed by atoms with Crippen molar-refractivity contribution >= 4 is 34.5 Å². The van der Waals surface area contributed by atoms with Gasteiger partial charge in [0.2, 0.25) is 0 Å². The number of hydrogen-bond acceptors (Lipinski definition) is 2. The summed E-state index contributed by atoms with van der Waals surface area (Å²) in [6, 6.07) is 11.4. The third kappa shape index (κ3) is 3.49. The van der Waals surface area contributed by atoms with E-state index in [0.717, 1.165) is 5.56 Å². The molecule has 17 heavy (non-hydrogen) atoms. The van der Waals surface area contributed by atoms with Gasteiger partial charge in [-0.2, -0.15) is 0 Å². The molecule has 3 heteroatoms. The average Bonchev–Trinajstić information content (AvgIpc) is 2.39. The van der Waals surface area contributed by atoms with Crippen LogP contribution in [0.1, 0.15) is 15.9 Å². The summed E-state index contributed by atoms with van der Waals surface area (Å²) in [6.45, 7) is 0. The average molecular weight is 335 g/mol. The van der Waals surface area contributed by atoms with E-state index in [1.54, 1.807) is 30.6 Å². The summed E-state index contributed by atoms with van der Waals surface area (Å²) in [5, 5.41) is 0. The van der Waals surface area contributed by atoms with Gasteiger partial charge >= 0.3 is 0 Å². The van der Waals surface area contributed by atoms with Gasteiger partial charge in [-0.25, -0.2) is 0 Å². The molecule has 84 valence electrons. The molecule has 2 nitrogen and oxygen atoms in total. The maximum atomic E-state index is 11.8. The Labute approximate surface area is 114 Å². The third-order valence-electron chi connectivity index (χ3n) is 2.26. The van der Waals surface area contributed by atoms with E-state index in [0.29, 0.717) is 5.56 Å². The maximum Gasteiger partial charge on any atom is 0.185 e. The van der Waals surface area contributed by atoms with Crippen molar-refractivity contribution in [3.05, 3.63) is 69.6 Å². The summed E-state index contributed by atoms with van der Waals surface area (Å²) in [5.41, 5.74) is 1.68. The molecule has 1 aromatic carbocycles. The van der Waals surface area contributed by atoms with E-state index in [4.69, 9.17) is 0 Å². The van der Waals surface area contributed by atoms with Crippen LogP contribution >= 0.6 is 22.6 Å². The quantitative estimate of drug-likeness (QED) is 0.488. The summed E-state index contributed by atoms with van der Waals surface area (Å²) in [5.74, 6) is -0.00838. The first-order valence-electron chi connectivity index (χ1n) is 5.14. The van der Waals surface area contributed by atoms with E-state index in [-0.39, 0.29) is 5.78 Å². The molecule has 0 radical (unpaired) electrons. The van der Waals surface area contributed by atoms with E-state index in [1.165, 1.54) is 3.57 Å². The van der Waals surface area contributed by atoms with Gasteiger partial charge in [0.05, 0.1) is 0 Å². The number of allylic oxidation sites excluding steroid dienone is 1. The zero-order valence-electron chi connectivity index (χ0n) is 9.01. The van der Waals surface area contributed by atoms with Crippen LogP contribution in [0.5, 0.6) is 0 Å². The van der Waals surface area contributed by atoms with Crippen molar-refractivity contribution in [1.29, 1.82) is 0 Å². The number of carbonyl (C=O) groups is 1. The van der Waals surface area contributed by atoms with Gasteiger partial charge in [0.15, 0.2) is 5.78 Å². The summed E-state index contributed by atoms with van der Waals surface area (Å²) < 4.78 is 1.18. The topological polar surface area (TPSA) is 30.0 Å². The number of pyridine rings is 1. The van der Waals surface area contributed by atoms with Crippen LogP contribution in [-0.2, 0) is 0 Å². The third-order valence-corrected chi connectivity index (χ3v) is 2.98. The van der Waals surface area contributed by atoms with Gasteiger partial charge in [0.1, 0.15) is 0 Å². The first kappa shape index (κ1) is 12.0. The number of carbonyl (C=O) groups excluding carboxylic acids is 1. The number of benzene rings is 1. The predicted octanol–water partition coefficient (Wildman–Crippen LogP) is 3.58. The van der Waals surface area contributed by atoms with Crippen LogP contribution in [0.15, 0.2) is 54.9 Å². The number of ketones is 1. The molecular weight excluding hydrogens is 325 g/mol. The first-order chi connectivity index (χ1) is 8.25. The second kappa shape index (κ2) is 5.72. The molecule has 0 aliphatic heterocycles. The lowest BCUT2D eigenvalue weighted by molar-refractivity contribution is 0.104. The molecule has 0 saturated carbocycles. The Hall–Kier alpha value is -1.49. The monoisotopic (exact) mass is 335 g/mol. The number of hydrogen-bond donors (Lipinski definition) is 0. The van der Waals surface area contributed by atoms with E-state index in [1.807, 2.05) is 30.3 Å². The van der Waals surface area contributed by atoms with Gasteiger partial charge in [-0.05, 0) is 58.5 Å². The van der Waals surface area contributed by atoms with Crippen molar-refractivity contribution in [2.24, 2.45) is 0 Å². The molecule has 0 aliphatic rings. The minimum Gasteiger partial charge on any atom is -0.289 e. The second-order valence-corrected chi connectivity index (χ2v) is 4.73. The smallest absolute Gasteiger partial charge is 0.185 e. The number of aromatic nitrogens is 1. The number of halogens is 1. The number of nitrogens with zero attached hydrogens (tertiary/aromatic N) is 1. The molecule has 1 heterocycles. The van der Waals surface area contributed by atoms with Gasteiger partial charge in [0, 0.05) is 21.5 Å². The van der Waals surface area contributed by atoms with Gasteiger partial charge in [-0.15, -0.1) is 0 Å². The fraction of sp³-hybridized carbons (Fsp3) is 0. The molecule has 2 rings (SSSR count). The van der Waals surface area contributed by atoms with Crippen molar-refractivity contribution in [2.45, 2.75) is 0 Å². The molecule has 0 atom stereocenters. The molecule has 0 N–H and O–H groups in total. The molecule has 0 amide bonds. The van der Waals surface area contributed by atoms with E-state index < -0.39 is 0 Å². The van der Waals surface area contributed by atoms with E-state index in [2.05, 4.69) is 27.6 Å². The molecule has 0 unspecified atom stereocenters. The predicted molar refractivity (Wildman–Crippen MR) is 76.8 cm³/mol. The van der Waals surface area contributed by atoms with E-state index >= 15 is 0 Å². The molecule has 1 aromatic heterocycles. The minimum absolute atomic E-state index is 0.00838. The van der Waals surface area contributed by atoms with Crippen LogP contribution in [0.3, 0.4) is 0 Å². The molecule has 2 aromatic rings. The Morgan fingerprint density at radius 3 is 2.35 bits per heavy atom. The lowest BCUT2D eigenvalue weighted by Crippen LogP contribution is -1.93. The maximum absolute atomic E-state index is 11.8. The fourth-order valence-electron chi connectivity index (χ4n) is 1.36. The standard InChI is InChI=1S/C14H10INO/c15-13-4-1-11(2-5-13)3-6-14(17)12-7-9-16-10-8-12/h1-10H/b6-3+. The highest BCUT2D eigenvalue weighted by molar-refractivity contribution is 14.1. The minimum atomic E-state index is -0.00838. The Morgan fingerprint density at radius 1 is 1.06 bits per heavy atom. The van der Waals surface area contributed by atoms with Gasteiger partial charge in [-0.3, -0.25) is 9.78 Å². The highest BCUT2D eigenvalue weighted by atomic mass is 127. The summed E-state index contributed by atoms with van der Waals surface area (Å²) in [6.07, 6.45) is 6.63. The van der Waals surface area contributed by atoms with Crippen LogP contribution in [0, 0.1) is 3.57 Å². The molecule has 0 aliphatic carbocycles. The summed E-state index contributed by atoms with van der Waals surface area (Å²) >= 11 is 2.25. The highest BCUT2D eigenvalue weighted by Gasteiger charge is 1.99. The Bertz CT molecular complexity index is 532. The van der Waals surface area contributed by atoms with Crippen molar-refractivity contribution in [3.63, 3.8) is 0 Å². The van der Waals surface area contributed by atoms with Gasteiger partial charge in [0.25, 0.3) is 0 Å². The summed E-state index contributed by atoms with van der Waals surface area (Å²) in [7, 11) is 0. The molecule has 0 fully saturated rings. The van der Waals surface area contributed by atoms with Crippen LogP contribution in [0.4, 0.5) is 0 Å². The summed E-state index contributed by atoms with van der Waals surface area (Å²) in [4.78, 5) is 15.6. The fourth-order valence-corrected chi connectivity index (χ4v) is 1.72. The highest BCUT2D eigenvalue weighted by Crippen LogP contribution is 2.09. The van der Waals surface area contributed by atoms with Crippen LogP contribution in [0.2, 0.25) is 0 Å². The second-order valence-electron chi connectivity index (χ2n) is 3.49. The first-order valence-corrected chi connectivity index (χ1v) is 6.21. The van der Waals surface area contributed by atoms with Crippen LogP contribution < -0.4 is 0 Å². The van der Waals surface area contributed by atoms with Crippen molar-refractivity contribution in [2.75, 3.05) is 0 Å². The zero-order valence-corrected chi connectivity index (χ0v) is 11.2.